The third kappa shape index (κ3) is 5.16. The van der Waals surface area contributed by atoms with Crippen molar-refractivity contribution in [3.63, 3.8) is 0 Å². The topological polar surface area (TPSA) is 43.1 Å². The van der Waals surface area contributed by atoms with Crippen molar-refractivity contribution in [1.29, 1.82) is 0 Å². The summed E-state index contributed by atoms with van der Waals surface area (Å²) in [5, 5.41) is 0. The van der Waals surface area contributed by atoms with Gasteiger partial charge in [0.15, 0.2) is 0 Å². The molecule has 12 heavy (non-hydrogen) atoms. The number of nitrogens with two attached hydrogens (primary N) is 1. The van der Waals surface area contributed by atoms with E-state index < -0.39 is 0 Å². The molecule has 2 nitrogen and oxygen atoms in total. The lowest BCUT2D eigenvalue weighted by Crippen LogP contribution is -2.10. The van der Waals surface area contributed by atoms with Crippen molar-refractivity contribution < 1.29 is 4.79 Å². The third-order valence-corrected chi connectivity index (χ3v) is 2.71. The highest BCUT2D eigenvalue weighted by molar-refractivity contribution is 5.42. The van der Waals surface area contributed by atoms with Gasteiger partial charge < -0.3 is 5.73 Å². The summed E-state index contributed by atoms with van der Waals surface area (Å²) in [6.07, 6.45) is 7.62. The van der Waals surface area contributed by atoms with Gasteiger partial charge in [-0.2, -0.15) is 0 Å². The average Bonchev–Trinajstić information content (AvgIpc) is 2.07. The SMILES string of the molecule is CCC1CCC(C)CC1.NC=O. The lowest BCUT2D eigenvalue weighted by molar-refractivity contribution is -0.106. The van der Waals surface area contributed by atoms with Gasteiger partial charge in [0.25, 0.3) is 0 Å². The highest BCUT2D eigenvalue weighted by atomic mass is 16.1. The molecule has 1 amide bonds. The van der Waals surface area contributed by atoms with Crippen LogP contribution in [0.15, 0.2) is 0 Å². The van der Waals surface area contributed by atoms with Crippen LogP contribution in [0.3, 0.4) is 0 Å². The van der Waals surface area contributed by atoms with Gasteiger partial charge in [-0.15, -0.1) is 0 Å². The summed E-state index contributed by atoms with van der Waals surface area (Å²) in [6, 6.07) is 0. The van der Waals surface area contributed by atoms with Crippen molar-refractivity contribution in [2.45, 2.75) is 46.0 Å². The molecular weight excluding hydrogens is 150 g/mol. The minimum atomic E-state index is 0.250. The van der Waals surface area contributed by atoms with E-state index in [4.69, 9.17) is 4.79 Å². The van der Waals surface area contributed by atoms with Crippen LogP contribution in [0.2, 0.25) is 0 Å². The molecule has 1 fully saturated rings. The van der Waals surface area contributed by atoms with Gasteiger partial charge >= 0.3 is 0 Å². The molecule has 72 valence electrons. The first kappa shape index (κ1) is 11.5. The Morgan fingerprint density at radius 2 is 1.75 bits per heavy atom. The van der Waals surface area contributed by atoms with Crippen molar-refractivity contribution in [1.82, 2.24) is 0 Å². The Morgan fingerprint density at radius 3 is 2.08 bits per heavy atom. The van der Waals surface area contributed by atoms with E-state index in [1.807, 2.05) is 0 Å². The van der Waals surface area contributed by atoms with Crippen molar-refractivity contribution in [3.05, 3.63) is 0 Å². The molecular formula is C10H21NO. The molecule has 0 radical (unpaired) electrons. The van der Waals surface area contributed by atoms with Crippen LogP contribution in [0.4, 0.5) is 0 Å². The summed E-state index contributed by atoms with van der Waals surface area (Å²) in [4.78, 5) is 8.58. The fourth-order valence-corrected chi connectivity index (χ4v) is 1.74. The van der Waals surface area contributed by atoms with Crippen LogP contribution in [-0.2, 0) is 4.79 Å². The lowest BCUT2D eigenvalue weighted by Gasteiger charge is -2.24. The molecule has 0 bridgehead atoms. The number of carbonyl (C=O) groups excluding carboxylic acids is 1. The molecule has 1 saturated carbocycles. The zero-order chi connectivity index (χ0) is 9.40. The maximum Gasteiger partial charge on any atom is 0.204 e. The van der Waals surface area contributed by atoms with E-state index in [1.165, 1.54) is 32.1 Å². The summed E-state index contributed by atoms with van der Waals surface area (Å²) >= 11 is 0. The molecule has 2 N–H and O–H groups in total. The van der Waals surface area contributed by atoms with Crippen molar-refractivity contribution in [2.24, 2.45) is 17.6 Å². The first-order chi connectivity index (χ1) is 5.74. The van der Waals surface area contributed by atoms with Gasteiger partial charge in [-0.05, 0) is 11.8 Å². The molecule has 0 aromatic carbocycles. The molecule has 1 aliphatic rings. The molecule has 0 heterocycles. The highest BCUT2D eigenvalue weighted by Gasteiger charge is 2.15. The maximum absolute atomic E-state index is 8.58. The van der Waals surface area contributed by atoms with Gasteiger partial charge in [-0.3, -0.25) is 4.79 Å². The largest absolute Gasteiger partial charge is 0.372 e. The molecule has 0 unspecified atom stereocenters. The highest BCUT2D eigenvalue weighted by Crippen LogP contribution is 2.29. The zero-order valence-corrected chi connectivity index (χ0v) is 8.25. The van der Waals surface area contributed by atoms with E-state index in [-0.39, 0.29) is 6.41 Å². The Balaban J connectivity index is 0.000000354. The predicted octanol–water partition coefficient (Wildman–Crippen LogP) is 2.32. The van der Waals surface area contributed by atoms with Crippen LogP contribution in [-0.4, -0.2) is 6.41 Å². The fraction of sp³-hybridized carbons (Fsp3) is 0.900. The number of carbonyl (C=O) groups is 1. The van der Waals surface area contributed by atoms with E-state index in [0.29, 0.717) is 0 Å². The minimum absolute atomic E-state index is 0.250. The van der Waals surface area contributed by atoms with Crippen molar-refractivity contribution >= 4 is 6.41 Å². The summed E-state index contributed by atoms with van der Waals surface area (Å²) in [6.45, 7) is 4.70. The number of hydrogen-bond donors (Lipinski definition) is 1. The second-order valence-corrected chi connectivity index (χ2v) is 3.67. The summed E-state index contributed by atoms with van der Waals surface area (Å²) in [7, 11) is 0. The zero-order valence-electron chi connectivity index (χ0n) is 8.25. The molecule has 0 atom stereocenters. The molecule has 0 spiro atoms. The Kier molecular flexibility index (Phi) is 6.82. The maximum atomic E-state index is 8.58. The van der Waals surface area contributed by atoms with Crippen molar-refractivity contribution in [3.8, 4) is 0 Å². The molecule has 2 heteroatoms. The summed E-state index contributed by atoms with van der Waals surface area (Å²) in [5.41, 5.74) is 4.17. The Labute approximate surface area is 75.5 Å². The number of primary amides is 1. The number of rotatable bonds is 1. The van der Waals surface area contributed by atoms with Gasteiger partial charge in [-0.25, -0.2) is 0 Å². The second kappa shape index (κ2) is 7.14. The standard InChI is InChI=1S/C9H18.CH3NO/c1-3-9-6-4-8(2)5-7-9;2-1-3/h8-9H,3-7H2,1-2H3;1H,(H2,2,3). The van der Waals surface area contributed by atoms with Crippen LogP contribution in [0.5, 0.6) is 0 Å². The second-order valence-electron chi connectivity index (χ2n) is 3.67. The Hall–Kier alpha value is -0.530. The number of amides is 1. The smallest absolute Gasteiger partial charge is 0.204 e. The molecule has 0 saturated heterocycles. The minimum Gasteiger partial charge on any atom is -0.372 e. The first-order valence-corrected chi connectivity index (χ1v) is 4.89. The van der Waals surface area contributed by atoms with E-state index >= 15 is 0 Å². The molecule has 1 aliphatic carbocycles. The van der Waals surface area contributed by atoms with E-state index in [0.717, 1.165) is 11.8 Å². The quantitative estimate of drug-likeness (QED) is 0.604. The van der Waals surface area contributed by atoms with Gasteiger partial charge in [0.2, 0.25) is 6.41 Å². The summed E-state index contributed by atoms with van der Waals surface area (Å²) < 4.78 is 0. The van der Waals surface area contributed by atoms with Crippen LogP contribution >= 0.6 is 0 Å². The first-order valence-electron chi connectivity index (χ1n) is 4.89. The Morgan fingerprint density at radius 1 is 1.33 bits per heavy atom. The number of hydrogen-bond acceptors (Lipinski definition) is 1. The third-order valence-electron chi connectivity index (χ3n) is 2.71. The van der Waals surface area contributed by atoms with Crippen LogP contribution in [0.25, 0.3) is 0 Å². The van der Waals surface area contributed by atoms with E-state index in [2.05, 4.69) is 19.6 Å². The Bertz CT molecular complexity index is 106. The molecule has 0 aromatic heterocycles. The van der Waals surface area contributed by atoms with Crippen LogP contribution in [0.1, 0.15) is 46.0 Å². The average molecular weight is 171 g/mol. The molecule has 0 aromatic rings. The van der Waals surface area contributed by atoms with E-state index in [1.54, 1.807) is 0 Å². The molecule has 0 aliphatic heterocycles. The van der Waals surface area contributed by atoms with Gasteiger partial charge in [-0.1, -0.05) is 46.0 Å². The lowest BCUT2D eigenvalue weighted by atomic mass is 9.82. The van der Waals surface area contributed by atoms with Crippen molar-refractivity contribution in [2.75, 3.05) is 0 Å². The van der Waals surface area contributed by atoms with Gasteiger partial charge in [0.05, 0.1) is 0 Å². The van der Waals surface area contributed by atoms with Gasteiger partial charge in [0.1, 0.15) is 0 Å². The fourth-order valence-electron chi connectivity index (χ4n) is 1.74. The normalized spacial score (nSPS) is 28.5. The molecule has 1 rings (SSSR count). The monoisotopic (exact) mass is 171 g/mol. The predicted molar refractivity (Wildman–Crippen MR) is 51.7 cm³/mol. The van der Waals surface area contributed by atoms with E-state index in [9.17, 15) is 0 Å². The van der Waals surface area contributed by atoms with Crippen LogP contribution < -0.4 is 5.73 Å². The van der Waals surface area contributed by atoms with Crippen LogP contribution in [0, 0.1) is 11.8 Å². The summed E-state index contributed by atoms with van der Waals surface area (Å²) in [5.74, 6) is 2.09. The van der Waals surface area contributed by atoms with Gasteiger partial charge in [0, 0.05) is 0 Å².